The Hall–Kier alpha value is -0.0800. The number of hydrogen-bond acceptors (Lipinski definition) is 2. The van der Waals surface area contributed by atoms with Crippen LogP contribution < -0.4 is 5.32 Å². The van der Waals surface area contributed by atoms with Crippen molar-refractivity contribution in [1.82, 2.24) is 10.2 Å². The Morgan fingerprint density at radius 3 is 2.43 bits per heavy atom. The van der Waals surface area contributed by atoms with Gasteiger partial charge in [0.1, 0.15) is 0 Å². The monoisotopic (exact) mass is 294 g/mol. The third kappa shape index (κ3) is 4.69. The first-order valence-corrected chi connectivity index (χ1v) is 9.37. The predicted molar refractivity (Wildman–Crippen MR) is 92.6 cm³/mol. The smallest absolute Gasteiger partial charge is 0.00930 e. The fourth-order valence-corrected chi connectivity index (χ4v) is 4.61. The summed E-state index contributed by atoms with van der Waals surface area (Å²) in [5.74, 6) is 2.49. The first-order valence-electron chi connectivity index (χ1n) is 9.37. The molecule has 0 aromatic heterocycles. The normalized spacial score (nSPS) is 33.7. The Bertz CT molecular complexity index is 307. The maximum atomic E-state index is 3.77. The molecule has 0 radical (unpaired) electrons. The lowest BCUT2D eigenvalue weighted by atomic mass is 9.80. The average molecular weight is 295 g/mol. The van der Waals surface area contributed by atoms with Gasteiger partial charge < -0.3 is 5.32 Å². The van der Waals surface area contributed by atoms with Crippen molar-refractivity contribution >= 4 is 0 Å². The summed E-state index contributed by atoms with van der Waals surface area (Å²) < 4.78 is 0. The minimum atomic E-state index is 0.555. The van der Waals surface area contributed by atoms with E-state index >= 15 is 0 Å². The maximum absolute atomic E-state index is 3.77. The zero-order valence-corrected chi connectivity index (χ0v) is 15.1. The Kier molecular flexibility index (Phi) is 6.14. The van der Waals surface area contributed by atoms with Crippen LogP contribution in [0.3, 0.4) is 0 Å². The summed E-state index contributed by atoms with van der Waals surface area (Å²) in [5, 5.41) is 3.77. The standard InChI is InChI=1S/C19H38N2/c1-15(2)11-20-13-19(8-6-7-9-19)14-21-12-16(3)10-17(4)18(21)5/h15-18,20H,6-14H2,1-5H3. The van der Waals surface area contributed by atoms with E-state index in [1.807, 2.05) is 0 Å². The van der Waals surface area contributed by atoms with E-state index in [0.717, 1.165) is 23.8 Å². The molecule has 0 aromatic carbocycles. The van der Waals surface area contributed by atoms with Crippen LogP contribution in [-0.2, 0) is 0 Å². The molecule has 1 aliphatic carbocycles. The summed E-state index contributed by atoms with van der Waals surface area (Å²) in [6.07, 6.45) is 7.16. The molecule has 0 spiro atoms. The van der Waals surface area contributed by atoms with Crippen LogP contribution in [0.1, 0.15) is 66.7 Å². The van der Waals surface area contributed by atoms with Gasteiger partial charge in [-0.05, 0) is 55.9 Å². The molecule has 0 amide bonds. The van der Waals surface area contributed by atoms with Gasteiger partial charge in [0.25, 0.3) is 0 Å². The SMILES string of the molecule is CC(C)CNCC1(CN2CC(C)CC(C)C2C)CCCC1. The molecule has 2 aliphatic rings. The largest absolute Gasteiger partial charge is 0.316 e. The summed E-state index contributed by atoms with van der Waals surface area (Å²) in [6, 6.07) is 0.767. The molecule has 2 rings (SSSR count). The Morgan fingerprint density at radius 1 is 1.14 bits per heavy atom. The zero-order chi connectivity index (χ0) is 15.5. The molecule has 2 nitrogen and oxygen atoms in total. The van der Waals surface area contributed by atoms with Gasteiger partial charge in [-0.1, -0.05) is 40.5 Å². The zero-order valence-electron chi connectivity index (χ0n) is 15.1. The molecule has 2 fully saturated rings. The van der Waals surface area contributed by atoms with Crippen LogP contribution in [0.25, 0.3) is 0 Å². The van der Waals surface area contributed by atoms with Gasteiger partial charge in [0.05, 0.1) is 0 Å². The van der Waals surface area contributed by atoms with Crippen molar-refractivity contribution in [3.05, 3.63) is 0 Å². The number of piperidine rings is 1. The second kappa shape index (κ2) is 7.46. The minimum absolute atomic E-state index is 0.555. The molecule has 1 saturated heterocycles. The van der Waals surface area contributed by atoms with Crippen molar-refractivity contribution < 1.29 is 0 Å². The van der Waals surface area contributed by atoms with E-state index in [0.29, 0.717) is 5.41 Å². The second-order valence-electron chi connectivity index (χ2n) is 8.72. The van der Waals surface area contributed by atoms with Crippen molar-refractivity contribution in [2.75, 3.05) is 26.2 Å². The Balaban J connectivity index is 1.95. The van der Waals surface area contributed by atoms with E-state index in [1.54, 1.807) is 0 Å². The first-order chi connectivity index (χ1) is 9.92. The molecule has 3 atom stereocenters. The summed E-state index contributed by atoms with van der Waals surface area (Å²) in [6.45, 7) is 17.0. The fraction of sp³-hybridized carbons (Fsp3) is 1.00. The molecule has 1 N–H and O–H groups in total. The fourth-order valence-electron chi connectivity index (χ4n) is 4.61. The van der Waals surface area contributed by atoms with Crippen molar-refractivity contribution in [3.8, 4) is 0 Å². The van der Waals surface area contributed by atoms with Gasteiger partial charge in [-0.25, -0.2) is 0 Å². The highest BCUT2D eigenvalue weighted by Crippen LogP contribution is 2.40. The summed E-state index contributed by atoms with van der Waals surface area (Å²) in [4.78, 5) is 2.82. The van der Waals surface area contributed by atoms with E-state index in [-0.39, 0.29) is 0 Å². The van der Waals surface area contributed by atoms with Crippen molar-refractivity contribution in [3.63, 3.8) is 0 Å². The van der Waals surface area contributed by atoms with Gasteiger partial charge in [0, 0.05) is 25.7 Å². The molecule has 1 aliphatic heterocycles. The molecule has 3 unspecified atom stereocenters. The lowest BCUT2D eigenvalue weighted by Crippen LogP contribution is -2.52. The average Bonchev–Trinajstić information content (AvgIpc) is 2.83. The number of nitrogens with one attached hydrogen (secondary N) is 1. The van der Waals surface area contributed by atoms with Gasteiger partial charge in [-0.3, -0.25) is 4.90 Å². The third-order valence-corrected chi connectivity index (χ3v) is 5.98. The van der Waals surface area contributed by atoms with Crippen LogP contribution in [0.15, 0.2) is 0 Å². The van der Waals surface area contributed by atoms with Crippen LogP contribution >= 0.6 is 0 Å². The molecule has 124 valence electrons. The molecule has 21 heavy (non-hydrogen) atoms. The van der Waals surface area contributed by atoms with Gasteiger partial charge >= 0.3 is 0 Å². The highest BCUT2D eigenvalue weighted by Gasteiger charge is 2.38. The predicted octanol–water partition coefficient (Wildman–Crippen LogP) is 4.16. The molecule has 1 heterocycles. The van der Waals surface area contributed by atoms with Crippen LogP contribution in [0.2, 0.25) is 0 Å². The van der Waals surface area contributed by atoms with Crippen molar-refractivity contribution in [1.29, 1.82) is 0 Å². The molecule has 0 bridgehead atoms. The molecular weight excluding hydrogens is 256 g/mol. The number of rotatable bonds is 6. The molecular formula is C19H38N2. The highest BCUT2D eigenvalue weighted by molar-refractivity contribution is 4.93. The van der Waals surface area contributed by atoms with E-state index < -0.39 is 0 Å². The first kappa shape index (κ1) is 17.3. The minimum Gasteiger partial charge on any atom is -0.316 e. The van der Waals surface area contributed by atoms with Crippen LogP contribution in [0, 0.1) is 23.2 Å². The summed E-state index contributed by atoms with van der Waals surface area (Å²) in [7, 11) is 0. The van der Waals surface area contributed by atoms with E-state index in [4.69, 9.17) is 0 Å². The van der Waals surface area contributed by atoms with Crippen LogP contribution in [0.4, 0.5) is 0 Å². The van der Waals surface area contributed by atoms with Crippen molar-refractivity contribution in [2.24, 2.45) is 23.2 Å². The van der Waals surface area contributed by atoms with Crippen LogP contribution in [0.5, 0.6) is 0 Å². The van der Waals surface area contributed by atoms with E-state index in [2.05, 4.69) is 44.8 Å². The number of hydrogen-bond donors (Lipinski definition) is 1. The van der Waals surface area contributed by atoms with Gasteiger partial charge in [0.2, 0.25) is 0 Å². The topological polar surface area (TPSA) is 15.3 Å². The van der Waals surface area contributed by atoms with E-state index in [9.17, 15) is 0 Å². The van der Waals surface area contributed by atoms with Crippen LogP contribution in [-0.4, -0.2) is 37.1 Å². The quantitative estimate of drug-likeness (QED) is 0.791. The molecule has 2 heteroatoms. The maximum Gasteiger partial charge on any atom is 0.00930 e. The van der Waals surface area contributed by atoms with Gasteiger partial charge in [0.15, 0.2) is 0 Å². The van der Waals surface area contributed by atoms with Crippen molar-refractivity contribution in [2.45, 2.75) is 72.8 Å². The Morgan fingerprint density at radius 2 is 1.81 bits per heavy atom. The molecule has 0 aromatic rings. The summed E-state index contributed by atoms with van der Waals surface area (Å²) in [5.41, 5.74) is 0.555. The third-order valence-electron chi connectivity index (χ3n) is 5.98. The molecule has 1 saturated carbocycles. The number of likely N-dealkylation sites (tertiary alicyclic amines) is 1. The highest BCUT2D eigenvalue weighted by atomic mass is 15.2. The Labute approximate surface area is 133 Å². The second-order valence-corrected chi connectivity index (χ2v) is 8.72. The lowest BCUT2D eigenvalue weighted by molar-refractivity contribution is 0.0369. The summed E-state index contributed by atoms with van der Waals surface area (Å²) >= 11 is 0. The van der Waals surface area contributed by atoms with Gasteiger partial charge in [-0.2, -0.15) is 0 Å². The van der Waals surface area contributed by atoms with Gasteiger partial charge in [-0.15, -0.1) is 0 Å². The number of nitrogens with zero attached hydrogens (tertiary/aromatic N) is 1. The van der Waals surface area contributed by atoms with E-state index in [1.165, 1.54) is 58.3 Å². The lowest BCUT2D eigenvalue weighted by Gasteiger charge is -2.45.